The summed E-state index contributed by atoms with van der Waals surface area (Å²) in [5, 5.41) is 12.3. The van der Waals surface area contributed by atoms with Gasteiger partial charge in [0, 0.05) is 5.56 Å². The first-order valence-corrected chi connectivity index (χ1v) is 7.87. The van der Waals surface area contributed by atoms with E-state index in [1.165, 1.54) is 4.79 Å². The van der Waals surface area contributed by atoms with Crippen molar-refractivity contribution in [1.29, 1.82) is 0 Å². The number of nitrogens with zero attached hydrogens (tertiary/aromatic N) is 4. The molecule has 0 unspecified atom stereocenters. The van der Waals surface area contributed by atoms with E-state index < -0.39 is 5.97 Å². The van der Waals surface area contributed by atoms with E-state index in [2.05, 4.69) is 15.4 Å². The molecule has 0 fully saturated rings. The molecule has 0 amide bonds. The number of para-hydroxylation sites is 1. The number of hydrogen-bond donors (Lipinski definition) is 0. The summed E-state index contributed by atoms with van der Waals surface area (Å²) in [7, 11) is 0. The van der Waals surface area contributed by atoms with Gasteiger partial charge in [-0.15, -0.1) is 15.0 Å². The fourth-order valence-corrected chi connectivity index (χ4v) is 2.16. The smallest absolute Gasteiger partial charge is 0.364 e. The lowest BCUT2D eigenvalue weighted by Crippen LogP contribution is -2.23. The lowest BCUT2D eigenvalue weighted by atomic mass is 10.1. The Bertz CT molecular complexity index is 912. The maximum Gasteiger partial charge on any atom is 0.364 e. The topological polar surface area (TPSA) is 69.4 Å². The molecule has 2 aromatic carbocycles. The minimum Gasteiger partial charge on any atom is -0.422 e. The Morgan fingerprint density at radius 2 is 1.68 bits per heavy atom. The molecule has 0 aliphatic heterocycles. The summed E-state index contributed by atoms with van der Waals surface area (Å²) in [4.78, 5) is 14.0. The van der Waals surface area contributed by atoms with Gasteiger partial charge in [0.1, 0.15) is 5.75 Å². The van der Waals surface area contributed by atoms with Gasteiger partial charge in [-0.1, -0.05) is 48.0 Å². The van der Waals surface area contributed by atoms with Gasteiger partial charge >= 0.3 is 5.97 Å². The van der Waals surface area contributed by atoms with Crippen LogP contribution in [0.4, 0.5) is 0 Å². The highest BCUT2D eigenvalue weighted by Gasteiger charge is 2.18. The Morgan fingerprint density at radius 1 is 1.00 bits per heavy atom. The molecule has 0 saturated carbocycles. The Labute approximate surface area is 145 Å². The van der Waals surface area contributed by atoms with E-state index in [0.717, 1.165) is 17.0 Å². The van der Waals surface area contributed by atoms with Crippen LogP contribution in [-0.4, -0.2) is 26.8 Å². The van der Waals surface area contributed by atoms with Crippen molar-refractivity contribution in [3.8, 4) is 5.75 Å². The molecule has 25 heavy (non-hydrogen) atoms. The first-order chi connectivity index (χ1) is 12.0. The molecule has 0 aliphatic carbocycles. The van der Waals surface area contributed by atoms with Crippen molar-refractivity contribution >= 4 is 11.7 Å². The van der Waals surface area contributed by atoms with Crippen LogP contribution in [0.5, 0.6) is 5.75 Å². The number of ether oxygens (including phenoxy) is 1. The summed E-state index contributed by atoms with van der Waals surface area (Å²) in [5.74, 6) is -0.0959. The molecule has 3 aromatic rings. The normalized spacial score (nSPS) is 11.4. The van der Waals surface area contributed by atoms with Crippen molar-refractivity contribution in [2.75, 3.05) is 0 Å². The van der Waals surface area contributed by atoms with Crippen LogP contribution in [0.15, 0.2) is 59.7 Å². The average Bonchev–Trinajstić information content (AvgIpc) is 2.93. The molecule has 0 N–H and O–H groups in total. The molecule has 0 spiro atoms. The molecule has 0 aliphatic rings. The van der Waals surface area contributed by atoms with Crippen LogP contribution < -0.4 is 4.74 Å². The van der Waals surface area contributed by atoms with Gasteiger partial charge in [-0.3, -0.25) is 0 Å². The molecule has 0 radical (unpaired) electrons. The van der Waals surface area contributed by atoms with E-state index in [0.29, 0.717) is 11.3 Å². The Hall–Kier alpha value is -3.28. The minimum atomic E-state index is -0.553. The average molecular weight is 334 g/mol. The van der Waals surface area contributed by atoms with Crippen molar-refractivity contribution < 1.29 is 9.53 Å². The molecule has 6 nitrogen and oxygen atoms in total. The van der Waals surface area contributed by atoms with E-state index in [4.69, 9.17) is 4.74 Å². The first kappa shape index (κ1) is 16.6. The summed E-state index contributed by atoms with van der Waals surface area (Å²) in [5.41, 5.74) is 3.42. The second-order valence-corrected chi connectivity index (χ2v) is 5.67. The summed E-state index contributed by atoms with van der Waals surface area (Å²) >= 11 is 0. The number of aromatic nitrogens is 3. The summed E-state index contributed by atoms with van der Waals surface area (Å²) in [6.07, 6.45) is 0. The second kappa shape index (κ2) is 7.09. The number of benzene rings is 2. The van der Waals surface area contributed by atoms with Gasteiger partial charge in [-0.2, -0.15) is 0 Å². The Morgan fingerprint density at radius 3 is 2.28 bits per heavy atom. The third kappa shape index (κ3) is 3.80. The van der Waals surface area contributed by atoms with Gasteiger partial charge < -0.3 is 4.74 Å². The quantitative estimate of drug-likeness (QED) is 0.418. The van der Waals surface area contributed by atoms with E-state index in [1.54, 1.807) is 24.3 Å². The van der Waals surface area contributed by atoms with Crippen LogP contribution in [0.25, 0.3) is 0 Å². The van der Waals surface area contributed by atoms with Crippen molar-refractivity contribution in [3.63, 3.8) is 0 Å². The zero-order chi connectivity index (χ0) is 17.8. The minimum absolute atomic E-state index is 0.164. The Balaban J connectivity index is 2.01. The standard InChI is InChI=1S/C19H18N4O2/c1-13-9-11-16(12-10-13)18(21-23-15(3)14(2)20-22-23)19(24)25-17-7-5-4-6-8-17/h4-12H,1-3H3/b21-18+. The lowest BCUT2D eigenvalue weighted by Gasteiger charge is -2.08. The first-order valence-electron chi connectivity index (χ1n) is 7.87. The predicted molar refractivity (Wildman–Crippen MR) is 94.7 cm³/mol. The summed E-state index contributed by atoms with van der Waals surface area (Å²) < 4.78 is 5.45. The van der Waals surface area contributed by atoms with Gasteiger partial charge in [0.05, 0.1) is 11.4 Å². The van der Waals surface area contributed by atoms with Gasteiger partial charge in [0.25, 0.3) is 0 Å². The van der Waals surface area contributed by atoms with E-state index in [-0.39, 0.29) is 5.71 Å². The van der Waals surface area contributed by atoms with Crippen LogP contribution in [0.3, 0.4) is 0 Å². The molecular weight excluding hydrogens is 316 g/mol. The van der Waals surface area contributed by atoms with Crippen molar-refractivity contribution in [3.05, 3.63) is 77.1 Å². The summed E-state index contributed by atoms with van der Waals surface area (Å²) in [6.45, 7) is 5.66. The van der Waals surface area contributed by atoms with Crippen molar-refractivity contribution in [1.82, 2.24) is 15.1 Å². The number of carbonyl (C=O) groups is 1. The summed E-state index contributed by atoms with van der Waals surface area (Å²) in [6, 6.07) is 16.4. The van der Waals surface area contributed by atoms with Crippen molar-refractivity contribution in [2.24, 2.45) is 5.10 Å². The Kier molecular flexibility index (Phi) is 4.70. The molecular formula is C19H18N4O2. The molecule has 1 heterocycles. The zero-order valence-electron chi connectivity index (χ0n) is 14.3. The van der Waals surface area contributed by atoms with E-state index in [1.807, 2.05) is 51.1 Å². The maximum atomic E-state index is 12.7. The van der Waals surface area contributed by atoms with Gasteiger partial charge in [0.15, 0.2) is 5.71 Å². The van der Waals surface area contributed by atoms with Crippen molar-refractivity contribution in [2.45, 2.75) is 20.8 Å². The maximum absolute atomic E-state index is 12.7. The van der Waals surface area contributed by atoms with Crippen LogP contribution in [0.2, 0.25) is 0 Å². The number of carbonyl (C=O) groups excluding carboxylic acids is 1. The predicted octanol–water partition coefficient (Wildman–Crippen LogP) is 3.06. The van der Waals surface area contributed by atoms with Crippen LogP contribution in [0, 0.1) is 20.8 Å². The highest BCUT2D eigenvalue weighted by atomic mass is 16.5. The molecule has 0 saturated heterocycles. The molecule has 3 rings (SSSR count). The molecule has 6 heteroatoms. The highest BCUT2D eigenvalue weighted by molar-refractivity contribution is 6.43. The number of esters is 1. The monoisotopic (exact) mass is 334 g/mol. The number of hydrogen-bond acceptors (Lipinski definition) is 5. The van der Waals surface area contributed by atoms with Gasteiger partial charge in [-0.25, -0.2) is 4.79 Å². The second-order valence-electron chi connectivity index (χ2n) is 5.67. The third-order valence-electron chi connectivity index (χ3n) is 3.77. The highest BCUT2D eigenvalue weighted by Crippen LogP contribution is 2.13. The van der Waals surface area contributed by atoms with Gasteiger partial charge in [0.2, 0.25) is 0 Å². The van der Waals surface area contributed by atoms with Crippen LogP contribution in [0.1, 0.15) is 22.5 Å². The van der Waals surface area contributed by atoms with Crippen LogP contribution in [-0.2, 0) is 4.79 Å². The SMILES string of the molecule is Cc1ccc(/C(=N\n2nnc(C)c2C)C(=O)Oc2ccccc2)cc1. The fraction of sp³-hybridized carbons (Fsp3) is 0.158. The zero-order valence-corrected chi connectivity index (χ0v) is 14.3. The lowest BCUT2D eigenvalue weighted by molar-refractivity contribution is -0.126. The van der Waals surface area contributed by atoms with E-state index in [9.17, 15) is 4.79 Å². The number of rotatable bonds is 4. The molecule has 0 atom stereocenters. The third-order valence-corrected chi connectivity index (χ3v) is 3.77. The number of aryl methyl sites for hydroxylation is 2. The molecule has 126 valence electrons. The van der Waals surface area contributed by atoms with Crippen LogP contribution >= 0.6 is 0 Å². The largest absolute Gasteiger partial charge is 0.422 e. The fourth-order valence-electron chi connectivity index (χ4n) is 2.16. The van der Waals surface area contributed by atoms with E-state index >= 15 is 0 Å². The molecule has 0 bridgehead atoms. The molecule has 1 aromatic heterocycles. The van der Waals surface area contributed by atoms with Gasteiger partial charge in [-0.05, 0) is 38.1 Å².